The lowest BCUT2D eigenvalue weighted by atomic mass is 10.1. The van der Waals surface area contributed by atoms with Gasteiger partial charge in [-0.3, -0.25) is 4.79 Å². The minimum atomic E-state index is -0.356. The summed E-state index contributed by atoms with van der Waals surface area (Å²) in [7, 11) is 0. The van der Waals surface area contributed by atoms with Crippen LogP contribution in [0.5, 0.6) is 0 Å². The number of carbonyl (C=O) groups is 1. The first-order valence-electron chi connectivity index (χ1n) is 10.2. The van der Waals surface area contributed by atoms with Gasteiger partial charge in [-0.1, -0.05) is 35.3 Å². The molecule has 0 saturated carbocycles. The van der Waals surface area contributed by atoms with Gasteiger partial charge in [0.1, 0.15) is 11.3 Å². The molecule has 1 amide bonds. The molecule has 0 atom stereocenters. The summed E-state index contributed by atoms with van der Waals surface area (Å²) in [6.07, 6.45) is 0. The summed E-state index contributed by atoms with van der Waals surface area (Å²) in [4.78, 5) is 17.2. The molecule has 0 unspecified atom stereocenters. The van der Waals surface area contributed by atoms with Gasteiger partial charge in [0.25, 0.3) is 5.91 Å². The van der Waals surface area contributed by atoms with Crippen LogP contribution in [0.15, 0.2) is 75.6 Å². The van der Waals surface area contributed by atoms with Gasteiger partial charge >= 0.3 is 0 Å². The fourth-order valence-electron chi connectivity index (χ4n) is 3.48. The largest absolute Gasteiger partial charge is 0.451 e. The van der Waals surface area contributed by atoms with E-state index < -0.39 is 0 Å². The minimum absolute atomic E-state index is 0.217. The molecule has 2 heterocycles. The number of aryl methyl sites for hydroxylation is 2. The lowest BCUT2D eigenvalue weighted by Crippen LogP contribution is -2.10. The maximum atomic E-state index is 12.7. The Bertz CT molecular complexity index is 1520. The Morgan fingerprint density at radius 1 is 0.879 bits per heavy atom. The van der Waals surface area contributed by atoms with Crippen molar-refractivity contribution in [3.63, 3.8) is 0 Å². The SMILES string of the molecule is Cc1ccc(-c2ccc(C(=O)Nc3ccc4oc(-c5cc(Cl)ccc5Cl)nc4c3)o2)cc1C. The number of rotatable bonds is 4. The van der Waals surface area contributed by atoms with Gasteiger partial charge in [-0.2, -0.15) is 0 Å². The summed E-state index contributed by atoms with van der Waals surface area (Å²) in [6, 6.07) is 19.8. The molecule has 164 valence electrons. The molecule has 1 N–H and O–H groups in total. The van der Waals surface area contributed by atoms with Crippen LogP contribution < -0.4 is 5.32 Å². The third-order valence-corrected chi connectivity index (χ3v) is 5.99. The Morgan fingerprint density at radius 3 is 2.55 bits per heavy atom. The van der Waals surface area contributed by atoms with Crippen molar-refractivity contribution < 1.29 is 13.6 Å². The number of nitrogens with zero attached hydrogens (tertiary/aromatic N) is 1. The predicted octanol–water partition coefficient (Wildman–Crippen LogP) is 7.93. The first-order chi connectivity index (χ1) is 15.9. The highest BCUT2D eigenvalue weighted by molar-refractivity contribution is 6.35. The smallest absolute Gasteiger partial charge is 0.291 e. The molecule has 0 spiro atoms. The average molecular weight is 477 g/mol. The van der Waals surface area contributed by atoms with Crippen LogP contribution in [0, 0.1) is 13.8 Å². The lowest BCUT2D eigenvalue weighted by molar-refractivity contribution is 0.0997. The van der Waals surface area contributed by atoms with Crippen LogP contribution in [0.2, 0.25) is 10.0 Å². The van der Waals surface area contributed by atoms with E-state index >= 15 is 0 Å². The number of hydrogen-bond acceptors (Lipinski definition) is 4. The summed E-state index contributed by atoms with van der Waals surface area (Å²) in [5.41, 5.74) is 5.59. The summed E-state index contributed by atoms with van der Waals surface area (Å²) in [5.74, 6) is 0.851. The van der Waals surface area contributed by atoms with Gasteiger partial charge in [-0.15, -0.1) is 0 Å². The van der Waals surface area contributed by atoms with E-state index in [1.807, 2.05) is 25.1 Å². The molecule has 0 aliphatic heterocycles. The third-order valence-electron chi connectivity index (χ3n) is 5.43. The van der Waals surface area contributed by atoms with Crippen molar-refractivity contribution in [1.29, 1.82) is 0 Å². The number of hydrogen-bond donors (Lipinski definition) is 1. The molecule has 0 fully saturated rings. The molecule has 0 aliphatic carbocycles. The van der Waals surface area contributed by atoms with Crippen LogP contribution in [0.3, 0.4) is 0 Å². The van der Waals surface area contributed by atoms with Crippen molar-refractivity contribution in [1.82, 2.24) is 4.98 Å². The van der Waals surface area contributed by atoms with Crippen molar-refractivity contribution in [3.05, 3.63) is 93.7 Å². The molecule has 5 nitrogen and oxygen atoms in total. The number of oxazole rings is 1. The molecule has 0 aliphatic rings. The first kappa shape index (κ1) is 21.3. The Hall–Kier alpha value is -3.54. The molecule has 0 saturated heterocycles. The average Bonchev–Trinajstić information content (AvgIpc) is 3.44. The Kier molecular flexibility index (Phi) is 5.44. The second-order valence-corrected chi connectivity index (χ2v) is 8.59. The zero-order chi connectivity index (χ0) is 23.1. The maximum absolute atomic E-state index is 12.7. The number of furan rings is 1. The van der Waals surface area contributed by atoms with Crippen LogP contribution in [-0.4, -0.2) is 10.9 Å². The van der Waals surface area contributed by atoms with E-state index in [0.717, 1.165) is 11.1 Å². The number of fused-ring (bicyclic) bond motifs is 1. The summed E-state index contributed by atoms with van der Waals surface area (Å²) in [5, 5.41) is 3.86. The molecule has 7 heteroatoms. The number of halogens is 2. The molecule has 5 rings (SSSR count). The number of amides is 1. The number of carbonyl (C=O) groups excluding carboxylic acids is 1. The lowest BCUT2D eigenvalue weighted by Gasteiger charge is -2.04. The molecule has 2 aromatic heterocycles. The molecular formula is C26H18Cl2N2O3. The Labute approximate surface area is 200 Å². The molecule has 0 radical (unpaired) electrons. The van der Waals surface area contributed by atoms with E-state index in [-0.39, 0.29) is 11.7 Å². The Morgan fingerprint density at radius 2 is 1.73 bits per heavy atom. The van der Waals surface area contributed by atoms with Gasteiger partial charge < -0.3 is 14.2 Å². The Balaban J connectivity index is 1.38. The van der Waals surface area contributed by atoms with E-state index in [9.17, 15) is 4.79 Å². The van der Waals surface area contributed by atoms with Gasteiger partial charge in [-0.05, 0) is 79.6 Å². The van der Waals surface area contributed by atoms with E-state index in [1.165, 1.54) is 5.56 Å². The second-order valence-electron chi connectivity index (χ2n) is 7.74. The topological polar surface area (TPSA) is 68.3 Å². The second kappa shape index (κ2) is 8.43. The van der Waals surface area contributed by atoms with Crippen LogP contribution in [-0.2, 0) is 0 Å². The van der Waals surface area contributed by atoms with Crippen molar-refractivity contribution in [3.8, 4) is 22.8 Å². The van der Waals surface area contributed by atoms with Gasteiger partial charge in [0.05, 0.1) is 10.6 Å². The van der Waals surface area contributed by atoms with Crippen molar-refractivity contribution >= 4 is 45.9 Å². The number of nitrogens with one attached hydrogen (secondary N) is 1. The van der Waals surface area contributed by atoms with Gasteiger partial charge in [-0.25, -0.2) is 4.98 Å². The normalized spacial score (nSPS) is 11.2. The standard InChI is InChI=1S/C26H18Cl2N2O3/c1-14-3-4-16(11-15(14)2)22-9-10-24(32-22)25(31)29-18-6-8-23-21(13-18)30-26(33-23)19-12-17(27)5-7-20(19)28/h3-13H,1-2H3,(H,29,31). The van der Waals surface area contributed by atoms with Crippen LogP contribution in [0.25, 0.3) is 33.9 Å². The van der Waals surface area contributed by atoms with Crippen LogP contribution in [0.4, 0.5) is 5.69 Å². The number of aromatic nitrogens is 1. The zero-order valence-electron chi connectivity index (χ0n) is 17.8. The summed E-state index contributed by atoms with van der Waals surface area (Å²) >= 11 is 12.3. The van der Waals surface area contributed by atoms with Crippen LogP contribution in [0.1, 0.15) is 21.7 Å². The quantitative estimate of drug-likeness (QED) is 0.285. The molecule has 3 aromatic carbocycles. The van der Waals surface area contributed by atoms with E-state index in [4.69, 9.17) is 32.0 Å². The van der Waals surface area contributed by atoms with E-state index in [1.54, 1.807) is 48.5 Å². The van der Waals surface area contributed by atoms with Gasteiger partial charge in [0.15, 0.2) is 11.3 Å². The zero-order valence-corrected chi connectivity index (χ0v) is 19.3. The molecule has 0 bridgehead atoms. The number of anilines is 1. The van der Waals surface area contributed by atoms with Crippen molar-refractivity contribution in [2.45, 2.75) is 13.8 Å². The number of benzene rings is 3. The highest BCUT2D eigenvalue weighted by Gasteiger charge is 2.16. The van der Waals surface area contributed by atoms with Crippen molar-refractivity contribution in [2.24, 2.45) is 0 Å². The highest BCUT2D eigenvalue weighted by Crippen LogP contribution is 2.33. The fourth-order valence-corrected chi connectivity index (χ4v) is 3.85. The fraction of sp³-hybridized carbons (Fsp3) is 0.0769. The maximum Gasteiger partial charge on any atom is 0.291 e. The van der Waals surface area contributed by atoms with E-state index in [2.05, 4.69) is 17.2 Å². The highest BCUT2D eigenvalue weighted by atomic mass is 35.5. The van der Waals surface area contributed by atoms with Gasteiger partial charge in [0.2, 0.25) is 5.89 Å². The first-order valence-corrected chi connectivity index (χ1v) is 11.0. The minimum Gasteiger partial charge on any atom is -0.451 e. The van der Waals surface area contributed by atoms with Crippen molar-refractivity contribution in [2.75, 3.05) is 5.32 Å². The third kappa shape index (κ3) is 4.25. The monoisotopic (exact) mass is 476 g/mol. The summed E-state index contributed by atoms with van der Waals surface area (Å²) < 4.78 is 11.6. The molecule has 33 heavy (non-hydrogen) atoms. The molecular weight excluding hydrogens is 459 g/mol. The predicted molar refractivity (Wildman–Crippen MR) is 131 cm³/mol. The van der Waals surface area contributed by atoms with E-state index in [0.29, 0.717) is 44.0 Å². The summed E-state index contributed by atoms with van der Waals surface area (Å²) in [6.45, 7) is 4.10. The van der Waals surface area contributed by atoms with Gasteiger partial charge in [0, 0.05) is 16.3 Å². The molecule has 5 aromatic rings. The van der Waals surface area contributed by atoms with Crippen LogP contribution >= 0.6 is 23.2 Å².